The highest BCUT2D eigenvalue weighted by atomic mass is 16.2. The van der Waals surface area contributed by atoms with E-state index in [-0.39, 0.29) is 11.8 Å². The standard InChI is InChI=1S/C15H17N5O/c1-2-11-9-13(19-20-15(21)10-6-7-10)18-14(17-11)12-5-3-4-8-16-12/h3-5,8-10H,2,6-7H2,1H3,(H,20,21)(H,17,18,19). The van der Waals surface area contributed by atoms with Gasteiger partial charge in [-0.1, -0.05) is 13.0 Å². The van der Waals surface area contributed by atoms with Crippen LogP contribution < -0.4 is 10.9 Å². The highest BCUT2D eigenvalue weighted by molar-refractivity contribution is 5.81. The summed E-state index contributed by atoms with van der Waals surface area (Å²) < 4.78 is 0. The zero-order chi connectivity index (χ0) is 14.7. The number of carbonyl (C=O) groups is 1. The fourth-order valence-corrected chi connectivity index (χ4v) is 1.93. The van der Waals surface area contributed by atoms with Gasteiger partial charge in [0.15, 0.2) is 5.82 Å². The number of hydrogen-bond acceptors (Lipinski definition) is 5. The summed E-state index contributed by atoms with van der Waals surface area (Å²) in [5.74, 6) is 1.31. The van der Waals surface area contributed by atoms with Crippen LogP contribution in [-0.4, -0.2) is 20.9 Å². The molecule has 1 aliphatic rings. The summed E-state index contributed by atoms with van der Waals surface area (Å²) in [5.41, 5.74) is 7.17. The van der Waals surface area contributed by atoms with E-state index in [1.165, 1.54) is 0 Å². The van der Waals surface area contributed by atoms with Crippen molar-refractivity contribution < 1.29 is 4.79 Å². The first kappa shape index (κ1) is 13.5. The van der Waals surface area contributed by atoms with E-state index in [9.17, 15) is 4.79 Å². The van der Waals surface area contributed by atoms with E-state index in [4.69, 9.17) is 0 Å². The van der Waals surface area contributed by atoms with Gasteiger partial charge >= 0.3 is 0 Å². The van der Waals surface area contributed by atoms with Crippen LogP contribution in [0.1, 0.15) is 25.5 Å². The van der Waals surface area contributed by atoms with Gasteiger partial charge in [-0.2, -0.15) is 0 Å². The molecule has 108 valence electrons. The molecule has 21 heavy (non-hydrogen) atoms. The van der Waals surface area contributed by atoms with Gasteiger partial charge in [-0.25, -0.2) is 9.97 Å². The highest BCUT2D eigenvalue weighted by Gasteiger charge is 2.29. The van der Waals surface area contributed by atoms with Gasteiger partial charge in [-0.05, 0) is 31.4 Å². The second-order valence-corrected chi connectivity index (χ2v) is 5.03. The van der Waals surface area contributed by atoms with Gasteiger partial charge in [0.25, 0.3) is 0 Å². The van der Waals surface area contributed by atoms with Crippen molar-refractivity contribution in [2.45, 2.75) is 26.2 Å². The molecule has 2 aromatic heterocycles. The molecule has 0 aliphatic heterocycles. The van der Waals surface area contributed by atoms with Crippen molar-refractivity contribution in [1.29, 1.82) is 0 Å². The van der Waals surface area contributed by atoms with Crippen molar-refractivity contribution in [3.63, 3.8) is 0 Å². The maximum atomic E-state index is 11.7. The van der Waals surface area contributed by atoms with Crippen LogP contribution in [0.2, 0.25) is 0 Å². The molecule has 0 unspecified atom stereocenters. The first-order valence-electron chi connectivity index (χ1n) is 7.11. The number of rotatable bonds is 5. The Morgan fingerprint density at radius 3 is 2.86 bits per heavy atom. The van der Waals surface area contributed by atoms with E-state index in [2.05, 4.69) is 25.8 Å². The zero-order valence-corrected chi connectivity index (χ0v) is 11.8. The molecular formula is C15H17N5O. The molecule has 2 N–H and O–H groups in total. The topological polar surface area (TPSA) is 79.8 Å². The normalized spacial score (nSPS) is 13.8. The average Bonchev–Trinajstić information content (AvgIpc) is 3.38. The first-order chi connectivity index (χ1) is 10.3. The predicted molar refractivity (Wildman–Crippen MR) is 79.1 cm³/mol. The molecule has 1 amide bonds. The van der Waals surface area contributed by atoms with Crippen LogP contribution in [-0.2, 0) is 11.2 Å². The van der Waals surface area contributed by atoms with Crippen LogP contribution in [0, 0.1) is 5.92 Å². The van der Waals surface area contributed by atoms with Crippen molar-refractivity contribution in [3.05, 3.63) is 36.2 Å². The molecule has 2 aromatic rings. The van der Waals surface area contributed by atoms with Crippen molar-refractivity contribution in [2.24, 2.45) is 5.92 Å². The number of carbonyl (C=O) groups excluding carboxylic acids is 1. The Hall–Kier alpha value is -2.50. The Kier molecular flexibility index (Phi) is 3.77. The number of nitrogens with zero attached hydrogens (tertiary/aromatic N) is 3. The summed E-state index contributed by atoms with van der Waals surface area (Å²) in [5, 5.41) is 0. The summed E-state index contributed by atoms with van der Waals surface area (Å²) in [4.78, 5) is 24.8. The van der Waals surface area contributed by atoms with Crippen molar-refractivity contribution in [3.8, 4) is 11.5 Å². The summed E-state index contributed by atoms with van der Waals surface area (Å²) in [7, 11) is 0. The zero-order valence-electron chi connectivity index (χ0n) is 11.8. The van der Waals surface area contributed by atoms with Crippen LogP contribution in [0.5, 0.6) is 0 Å². The summed E-state index contributed by atoms with van der Waals surface area (Å²) >= 11 is 0. The Morgan fingerprint density at radius 2 is 2.19 bits per heavy atom. The fourth-order valence-electron chi connectivity index (χ4n) is 1.93. The minimum atomic E-state index is 0.0195. The lowest BCUT2D eigenvalue weighted by Crippen LogP contribution is -2.31. The number of aryl methyl sites for hydroxylation is 1. The number of hydrogen-bond donors (Lipinski definition) is 2. The van der Waals surface area contributed by atoms with Crippen LogP contribution in [0.15, 0.2) is 30.5 Å². The number of aromatic nitrogens is 3. The van der Waals surface area contributed by atoms with E-state index in [1.807, 2.05) is 31.2 Å². The van der Waals surface area contributed by atoms with Gasteiger partial charge in [-0.15, -0.1) is 0 Å². The Bertz CT molecular complexity index is 640. The maximum absolute atomic E-state index is 11.7. The second-order valence-electron chi connectivity index (χ2n) is 5.03. The Morgan fingerprint density at radius 1 is 1.33 bits per heavy atom. The van der Waals surface area contributed by atoms with Crippen LogP contribution in [0.4, 0.5) is 5.82 Å². The van der Waals surface area contributed by atoms with Crippen molar-refractivity contribution in [2.75, 3.05) is 5.43 Å². The van der Waals surface area contributed by atoms with Crippen LogP contribution >= 0.6 is 0 Å². The number of amides is 1. The van der Waals surface area contributed by atoms with E-state index in [0.29, 0.717) is 17.3 Å². The van der Waals surface area contributed by atoms with Gasteiger partial charge < -0.3 is 0 Å². The molecule has 0 atom stereocenters. The maximum Gasteiger partial charge on any atom is 0.241 e. The molecule has 1 saturated carbocycles. The lowest BCUT2D eigenvalue weighted by molar-refractivity contribution is -0.121. The highest BCUT2D eigenvalue weighted by Crippen LogP contribution is 2.28. The smallest absolute Gasteiger partial charge is 0.241 e. The number of nitrogens with one attached hydrogen (secondary N) is 2. The first-order valence-corrected chi connectivity index (χ1v) is 7.11. The summed E-state index contributed by atoms with van der Waals surface area (Å²) in [6, 6.07) is 7.44. The molecule has 0 spiro atoms. The largest absolute Gasteiger partial charge is 0.282 e. The molecule has 1 fully saturated rings. The monoisotopic (exact) mass is 283 g/mol. The molecule has 0 aromatic carbocycles. The van der Waals surface area contributed by atoms with Crippen molar-refractivity contribution >= 4 is 11.7 Å². The Labute approximate surface area is 123 Å². The molecule has 6 heteroatoms. The second kappa shape index (κ2) is 5.87. The van der Waals surface area contributed by atoms with Gasteiger partial charge in [0.2, 0.25) is 5.91 Å². The van der Waals surface area contributed by atoms with Gasteiger partial charge in [0, 0.05) is 23.9 Å². The van der Waals surface area contributed by atoms with E-state index in [1.54, 1.807) is 6.20 Å². The van der Waals surface area contributed by atoms with Gasteiger partial charge in [0.05, 0.1) is 0 Å². The fraction of sp³-hybridized carbons (Fsp3) is 0.333. The molecule has 0 bridgehead atoms. The third-order valence-electron chi connectivity index (χ3n) is 3.30. The molecule has 6 nitrogen and oxygen atoms in total. The molecular weight excluding hydrogens is 266 g/mol. The lowest BCUT2D eigenvalue weighted by Gasteiger charge is -2.10. The van der Waals surface area contributed by atoms with E-state index in [0.717, 1.165) is 25.0 Å². The predicted octanol–water partition coefficient (Wildman–Crippen LogP) is 1.95. The Balaban J connectivity index is 1.81. The number of pyridine rings is 1. The third-order valence-corrected chi connectivity index (χ3v) is 3.30. The summed E-state index contributed by atoms with van der Waals surface area (Å²) in [6.45, 7) is 2.02. The SMILES string of the molecule is CCc1cc(NNC(=O)C2CC2)nc(-c2ccccn2)n1. The molecule has 0 saturated heterocycles. The lowest BCUT2D eigenvalue weighted by atomic mass is 10.3. The number of hydrazine groups is 1. The molecule has 0 radical (unpaired) electrons. The molecule has 3 rings (SSSR count). The average molecular weight is 283 g/mol. The summed E-state index contributed by atoms with van der Waals surface area (Å²) in [6.07, 6.45) is 4.43. The quantitative estimate of drug-likeness (QED) is 0.820. The van der Waals surface area contributed by atoms with Gasteiger partial charge in [-0.3, -0.25) is 20.6 Å². The minimum absolute atomic E-state index is 0.0195. The van der Waals surface area contributed by atoms with Crippen molar-refractivity contribution in [1.82, 2.24) is 20.4 Å². The third kappa shape index (κ3) is 3.34. The van der Waals surface area contributed by atoms with Gasteiger partial charge in [0.1, 0.15) is 11.5 Å². The minimum Gasteiger partial charge on any atom is -0.282 e. The van der Waals surface area contributed by atoms with Crippen LogP contribution in [0.25, 0.3) is 11.5 Å². The van der Waals surface area contributed by atoms with E-state index >= 15 is 0 Å². The molecule has 2 heterocycles. The number of anilines is 1. The molecule has 1 aliphatic carbocycles. The van der Waals surface area contributed by atoms with Crippen LogP contribution in [0.3, 0.4) is 0 Å². The van der Waals surface area contributed by atoms with E-state index < -0.39 is 0 Å².